The molecule has 0 radical (unpaired) electrons. The minimum atomic E-state index is -0.556. The number of aromatic hydroxyl groups is 6. The molecule has 0 saturated carbocycles. The number of methoxy groups -OCH3 is 2. The van der Waals surface area contributed by atoms with Crippen molar-refractivity contribution in [3.8, 4) is 46.0 Å². The quantitative estimate of drug-likeness (QED) is 0.0704. The summed E-state index contributed by atoms with van der Waals surface area (Å²) >= 11 is 10.2. The molecule has 3 heterocycles. The first-order valence-corrected chi connectivity index (χ1v) is 41.1. The number of hydrogen-bond donors (Lipinski definition) is 6. The molecule has 0 aliphatic rings. The van der Waals surface area contributed by atoms with E-state index in [0.29, 0.717) is 22.6 Å². The van der Waals surface area contributed by atoms with Crippen LogP contribution in [-0.2, 0) is 51.1 Å². The molecule has 8 nitrogen and oxygen atoms in total. The summed E-state index contributed by atoms with van der Waals surface area (Å²) in [6, 6.07) is 38.0. The van der Waals surface area contributed by atoms with E-state index in [4.69, 9.17) is 65.3 Å². The first kappa shape index (κ1) is 71.1. The normalized spacial score (nSPS) is 10.4. The molecule has 426 valence electrons. The van der Waals surface area contributed by atoms with E-state index in [1.165, 1.54) is 0 Å². The number of benzene rings is 6. The van der Waals surface area contributed by atoms with Gasteiger partial charge in [0.05, 0.1) is 32.0 Å². The van der Waals surface area contributed by atoms with Crippen molar-refractivity contribution in [2.75, 3.05) is 14.2 Å². The monoisotopic (exact) mass is 1500 g/mol. The summed E-state index contributed by atoms with van der Waals surface area (Å²) in [6.07, 6.45) is 0. The van der Waals surface area contributed by atoms with Crippen LogP contribution in [0.5, 0.6) is 46.0 Å². The second-order valence-electron chi connectivity index (χ2n) is 17.8. The molecule has 0 atom stereocenters. The molecule has 0 unspecified atom stereocenters. The second-order valence-corrected chi connectivity index (χ2v) is 30.3. The van der Waals surface area contributed by atoms with Gasteiger partial charge in [-0.25, -0.2) is 0 Å². The summed E-state index contributed by atoms with van der Waals surface area (Å²) in [5.74, 6) is 2.01. The predicted molar refractivity (Wildman–Crippen MR) is 336 cm³/mol. The van der Waals surface area contributed by atoms with Gasteiger partial charge in [-0.05, 0) is 159 Å². The van der Waals surface area contributed by atoms with Crippen LogP contribution in [0.1, 0.15) is 99.1 Å². The summed E-state index contributed by atoms with van der Waals surface area (Å²) in [6.45, 7) is 11.4. The Bertz CT molecular complexity index is 3230. The van der Waals surface area contributed by atoms with E-state index < -0.39 is 51.1 Å². The van der Waals surface area contributed by atoms with Gasteiger partial charge in [-0.1, -0.05) is 85.5 Å². The third-order valence-electron chi connectivity index (χ3n) is 12.4. The Morgan fingerprint density at radius 3 is 0.926 bits per heavy atom. The minimum absolute atomic E-state index is 0.167. The van der Waals surface area contributed by atoms with E-state index in [1.54, 1.807) is 72.5 Å². The van der Waals surface area contributed by atoms with Gasteiger partial charge in [0.15, 0.2) is 0 Å². The van der Waals surface area contributed by atoms with Gasteiger partial charge in [0, 0.05) is 57.0 Å². The van der Waals surface area contributed by atoms with E-state index in [2.05, 4.69) is 31.9 Å². The number of phenols is 6. The van der Waals surface area contributed by atoms with Gasteiger partial charge in [0.2, 0.25) is 0 Å². The van der Waals surface area contributed by atoms with Crippen LogP contribution in [0.3, 0.4) is 0 Å². The zero-order valence-corrected chi connectivity index (χ0v) is 59.6. The number of rotatable bonds is 11. The molecule has 9 aromatic rings. The summed E-state index contributed by atoms with van der Waals surface area (Å²) in [4.78, 5) is 3.17. The average Bonchev–Trinajstić information content (AvgIpc) is 4.31. The van der Waals surface area contributed by atoms with E-state index >= 15 is 0 Å². The second kappa shape index (κ2) is 36.0. The Kier molecular flexibility index (Phi) is 31.6. The maximum atomic E-state index is 10.8. The van der Waals surface area contributed by atoms with Crippen molar-refractivity contribution in [1.29, 1.82) is 0 Å². The molecule has 0 bridgehead atoms. The molecule has 81 heavy (non-hydrogen) atoms. The molecule has 9 rings (SSSR count). The van der Waals surface area contributed by atoms with Crippen molar-refractivity contribution in [3.63, 3.8) is 0 Å². The fourth-order valence-electron chi connectivity index (χ4n) is 8.78. The molecule has 0 fully saturated rings. The van der Waals surface area contributed by atoms with Crippen LogP contribution < -0.4 is 9.47 Å². The van der Waals surface area contributed by atoms with Crippen molar-refractivity contribution in [1.82, 2.24) is 0 Å². The first-order valence-electron chi connectivity index (χ1n) is 24.0. The zero-order valence-electron chi connectivity index (χ0n) is 44.8. The molecule has 6 N–H and O–H groups in total. The predicted octanol–water partition coefficient (Wildman–Crippen LogP) is 20.5. The Morgan fingerprint density at radius 2 is 0.654 bits per heavy atom. The van der Waals surface area contributed by atoms with Crippen LogP contribution in [0, 0.1) is 41.5 Å². The summed E-state index contributed by atoms with van der Waals surface area (Å²) in [7, 11) is 32.5. The van der Waals surface area contributed by atoms with Crippen molar-refractivity contribution >= 4 is 122 Å². The number of hydrogen-bond acceptors (Lipinski definition) is 11. The van der Waals surface area contributed by atoms with E-state index in [1.807, 2.05) is 155 Å². The molecule has 0 spiro atoms. The topological polar surface area (TPSA) is 140 Å². The van der Waals surface area contributed by atoms with Gasteiger partial charge in [-0.3, -0.25) is 0 Å². The summed E-state index contributed by atoms with van der Waals surface area (Å²) in [5, 5.41) is 69.6. The van der Waals surface area contributed by atoms with Crippen LogP contribution in [0.25, 0.3) is 0 Å². The molecule has 6 aromatic carbocycles. The molecule has 0 aliphatic heterocycles. The molecule has 22 heteroatoms. The summed E-state index contributed by atoms with van der Waals surface area (Å²) < 4.78 is 12.6. The molecule has 0 saturated heterocycles. The van der Waals surface area contributed by atoms with Gasteiger partial charge >= 0.3 is 107 Å². The average molecular weight is 1510 g/mol. The fraction of sp³-hybridized carbons (Fsp3) is 0.186. The Morgan fingerprint density at radius 1 is 0.383 bits per heavy atom. The van der Waals surface area contributed by atoms with E-state index in [-0.39, 0.29) is 52.3 Å². The van der Waals surface area contributed by atoms with Gasteiger partial charge in [-0.15, -0.1) is 34.0 Å². The summed E-state index contributed by atoms with van der Waals surface area (Å²) in [5.41, 5.74) is 9.78. The van der Waals surface area contributed by atoms with Gasteiger partial charge in [-0.2, -0.15) is 0 Å². The number of phenolic OH excluding ortho intramolecular Hbond substituents is 6. The number of halogens is 8. The number of aryl methyl sites for hydroxylation is 6. The molecule has 3 aromatic heterocycles. The number of thiophene rings is 3. The molecule has 0 amide bonds. The van der Waals surface area contributed by atoms with Crippen molar-refractivity contribution in [3.05, 3.63) is 228 Å². The first-order chi connectivity index (χ1) is 38.6. The molecule has 0 aliphatic carbocycles. The SMILES string of the molecule is COc1cc(C)c(O)c(C(c2cccs2)c2cc(OC)cc(C)c2O)c1.Cc1cc(Br)cc(C(c2cccs2)c2cc(Br)cc(C)c2O)c1O.Cc1ccc(O)c(C(c2cccs2)c2cc(C)ccc2O)c1.[Cl][Ti][Cl].[Cl][Ti][Cl].[Cl][Ti][Cl]. The van der Waals surface area contributed by atoms with Crippen molar-refractivity contribution in [2.24, 2.45) is 0 Å². The fourth-order valence-corrected chi connectivity index (χ4v) is 12.5. The molecular formula is C59H56Br2Cl6O8S3Ti3. The van der Waals surface area contributed by atoms with Crippen molar-refractivity contribution in [2.45, 2.75) is 59.3 Å². The Labute approximate surface area is 553 Å². The zero-order chi connectivity index (χ0) is 60.1. The van der Waals surface area contributed by atoms with Gasteiger partial charge in [0.1, 0.15) is 46.0 Å². The number of ether oxygens (including phenoxy) is 2. The van der Waals surface area contributed by atoms with Crippen LogP contribution in [0.15, 0.2) is 146 Å². The Balaban J connectivity index is 0.000000243. The standard InChI is InChI=1S/C21H22O4S.C19H16Br2O2S.C19H18O2S.6ClH.3Ti/c1-12-8-14(24-3)10-16(20(12)22)19(18-6-5-7-26-18)17-11-15(25-4)9-13(2)21(17)23;1-10-6-12(20)8-14(18(10)22)17(16-4-3-5-24-16)15-9-13(21)7-11(2)19(15)23;1-12-5-7-16(20)14(10-12)19(18-4-3-9-22-18)15-11-13(2)6-8-17(15)21;;;;;;;;;/h5-11,19,22-23H,1-4H3;3-9,17,22-23H,1-2H3;3-11,19-21H,1-2H3;6*1H;;;/q;;;;;;;;;3*+2/p-6. The van der Waals surface area contributed by atoms with E-state index in [0.717, 1.165) is 79.2 Å². The Hall–Kier alpha value is -2.34. The van der Waals surface area contributed by atoms with Gasteiger partial charge < -0.3 is 40.1 Å². The van der Waals surface area contributed by atoms with E-state index in [9.17, 15) is 30.6 Å². The van der Waals surface area contributed by atoms with Crippen LogP contribution in [-0.4, -0.2) is 44.9 Å². The van der Waals surface area contributed by atoms with Gasteiger partial charge in [0.25, 0.3) is 0 Å². The third kappa shape index (κ3) is 20.1. The van der Waals surface area contributed by atoms with Crippen molar-refractivity contribution < 1.29 is 91.2 Å². The molecular weight excluding hydrogens is 1450 g/mol. The van der Waals surface area contributed by atoms with Crippen LogP contribution >= 0.6 is 122 Å². The van der Waals surface area contributed by atoms with Crippen LogP contribution in [0.2, 0.25) is 0 Å². The third-order valence-corrected chi connectivity index (χ3v) is 16.1. The van der Waals surface area contributed by atoms with Crippen LogP contribution in [0.4, 0.5) is 0 Å². The maximum absolute atomic E-state index is 10.8.